The lowest BCUT2D eigenvalue weighted by Gasteiger charge is -2.27. The molecule has 1 aliphatic heterocycles. The van der Waals surface area contributed by atoms with Gasteiger partial charge in [0.25, 0.3) is 5.91 Å². The van der Waals surface area contributed by atoms with Gasteiger partial charge >= 0.3 is 0 Å². The van der Waals surface area contributed by atoms with Gasteiger partial charge in [-0.25, -0.2) is 0 Å². The lowest BCUT2D eigenvalue weighted by atomic mass is 9.89. The van der Waals surface area contributed by atoms with Crippen LogP contribution < -0.4 is 15.0 Å². The molecule has 0 aromatic heterocycles. The van der Waals surface area contributed by atoms with Crippen molar-refractivity contribution in [2.45, 2.75) is 39.0 Å². The number of hydrogen-bond donors (Lipinski definition) is 1. The van der Waals surface area contributed by atoms with Crippen molar-refractivity contribution in [2.24, 2.45) is 5.92 Å². The fourth-order valence-electron chi connectivity index (χ4n) is 3.86. The van der Waals surface area contributed by atoms with Gasteiger partial charge in [0.2, 0.25) is 5.91 Å². The van der Waals surface area contributed by atoms with Crippen LogP contribution in [0.5, 0.6) is 5.75 Å². The smallest absolute Gasteiger partial charge is 0.264 e. The number of aryl methyl sites for hydroxylation is 2. The van der Waals surface area contributed by atoms with Crippen LogP contribution in [0.15, 0.2) is 36.4 Å². The first-order valence-electron chi connectivity index (χ1n) is 9.83. The number of rotatable bonds is 5. The van der Waals surface area contributed by atoms with Crippen molar-refractivity contribution in [3.63, 3.8) is 0 Å². The maximum absolute atomic E-state index is 12.9. The summed E-state index contributed by atoms with van der Waals surface area (Å²) in [6.07, 6.45) is 2.81. The van der Waals surface area contributed by atoms with Crippen molar-refractivity contribution >= 4 is 23.2 Å². The summed E-state index contributed by atoms with van der Waals surface area (Å²) in [7, 11) is 1.72. The van der Waals surface area contributed by atoms with Gasteiger partial charge in [-0.05, 0) is 67.3 Å². The van der Waals surface area contributed by atoms with E-state index in [-0.39, 0.29) is 24.3 Å². The van der Waals surface area contributed by atoms with Gasteiger partial charge in [0, 0.05) is 13.5 Å². The lowest BCUT2D eigenvalue weighted by molar-refractivity contribution is -0.121. The number of carbonyl (C=O) groups is 2. The topological polar surface area (TPSA) is 58.6 Å². The third-order valence-electron chi connectivity index (χ3n) is 5.90. The highest BCUT2D eigenvalue weighted by atomic mass is 16.5. The van der Waals surface area contributed by atoms with E-state index in [1.54, 1.807) is 11.9 Å². The molecule has 1 heterocycles. The molecule has 0 bridgehead atoms. The third kappa shape index (κ3) is 3.61. The van der Waals surface area contributed by atoms with Gasteiger partial charge in [-0.1, -0.05) is 24.3 Å². The van der Waals surface area contributed by atoms with Crippen LogP contribution in [0.3, 0.4) is 0 Å². The maximum atomic E-state index is 12.9. The van der Waals surface area contributed by atoms with Gasteiger partial charge in [0.15, 0.2) is 12.4 Å². The Morgan fingerprint density at radius 3 is 2.71 bits per heavy atom. The largest absolute Gasteiger partial charge is 0.479 e. The first-order valence-corrected chi connectivity index (χ1v) is 9.83. The Morgan fingerprint density at radius 1 is 1.21 bits per heavy atom. The van der Waals surface area contributed by atoms with E-state index in [0.29, 0.717) is 29.5 Å². The van der Waals surface area contributed by atoms with Crippen LogP contribution >= 0.6 is 0 Å². The molecule has 0 spiro atoms. The average Bonchev–Trinajstić information content (AvgIpc) is 3.51. The second-order valence-corrected chi connectivity index (χ2v) is 7.94. The minimum Gasteiger partial charge on any atom is -0.479 e. The number of likely N-dealkylation sites (N-methyl/N-ethyl adjacent to an activating group) is 1. The van der Waals surface area contributed by atoms with Crippen molar-refractivity contribution in [1.29, 1.82) is 0 Å². The number of nitrogens with zero attached hydrogens (tertiary/aromatic N) is 1. The zero-order valence-corrected chi connectivity index (χ0v) is 16.6. The van der Waals surface area contributed by atoms with Crippen LogP contribution in [0.1, 0.15) is 41.9 Å². The first kappa shape index (κ1) is 18.5. The molecule has 2 aromatic carbocycles. The average molecular weight is 378 g/mol. The van der Waals surface area contributed by atoms with Gasteiger partial charge in [-0.15, -0.1) is 0 Å². The molecule has 0 radical (unpaired) electrons. The molecule has 1 N–H and O–H groups in total. The molecule has 2 amide bonds. The fraction of sp³-hybridized carbons (Fsp3) is 0.391. The predicted molar refractivity (Wildman–Crippen MR) is 110 cm³/mol. The molecule has 146 valence electrons. The highest BCUT2D eigenvalue weighted by Gasteiger charge is 2.34. The predicted octanol–water partition coefficient (Wildman–Crippen LogP) is 4.18. The quantitative estimate of drug-likeness (QED) is 0.849. The Kier molecular flexibility index (Phi) is 4.84. The van der Waals surface area contributed by atoms with Crippen LogP contribution in [-0.2, 0) is 9.59 Å². The highest BCUT2D eigenvalue weighted by molar-refractivity contribution is 6.01. The summed E-state index contributed by atoms with van der Waals surface area (Å²) < 4.78 is 5.61. The molecule has 1 aliphatic carbocycles. The first-order chi connectivity index (χ1) is 13.4. The summed E-state index contributed by atoms with van der Waals surface area (Å²) in [6.45, 7) is 4.22. The number of para-hydroxylation sites is 1. The number of benzene rings is 2. The Morgan fingerprint density at radius 2 is 2.00 bits per heavy atom. The van der Waals surface area contributed by atoms with E-state index in [1.807, 2.05) is 18.2 Å². The van der Waals surface area contributed by atoms with Crippen molar-refractivity contribution in [1.82, 2.24) is 0 Å². The van der Waals surface area contributed by atoms with E-state index in [2.05, 4.69) is 37.4 Å². The number of carbonyl (C=O) groups excluding carboxylic acids is 2. The Balaban J connectivity index is 1.52. The van der Waals surface area contributed by atoms with Gasteiger partial charge in [0.05, 0.1) is 11.4 Å². The highest BCUT2D eigenvalue weighted by Crippen LogP contribution is 2.45. The minimum atomic E-state index is -0.0977. The summed E-state index contributed by atoms with van der Waals surface area (Å²) in [6, 6.07) is 12.0. The number of amides is 2. The number of anilines is 2. The molecule has 1 saturated carbocycles. The van der Waals surface area contributed by atoms with E-state index < -0.39 is 0 Å². The molecular weight excluding hydrogens is 352 g/mol. The zero-order chi connectivity index (χ0) is 19.8. The molecule has 0 saturated heterocycles. The Bertz CT molecular complexity index is 933. The van der Waals surface area contributed by atoms with Crippen LogP contribution in [0.25, 0.3) is 0 Å². The summed E-state index contributed by atoms with van der Waals surface area (Å²) in [5.74, 6) is 1.26. The SMILES string of the molecule is Cc1ccc(C(CC(=O)Nc2cccc3c2OCC(=O)N3C)C2CC2)cc1C. The van der Waals surface area contributed by atoms with Crippen molar-refractivity contribution in [3.8, 4) is 5.75 Å². The van der Waals surface area contributed by atoms with E-state index in [0.717, 1.165) is 0 Å². The second kappa shape index (κ2) is 7.30. The van der Waals surface area contributed by atoms with E-state index in [9.17, 15) is 9.59 Å². The molecule has 5 heteroatoms. The van der Waals surface area contributed by atoms with E-state index >= 15 is 0 Å². The summed E-state index contributed by atoms with van der Waals surface area (Å²) in [5.41, 5.74) is 5.09. The van der Waals surface area contributed by atoms with Gasteiger partial charge < -0.3 is 15.0 Å². The number of ether oxygens (including phenoxy) is 1. The standard InChI is InChI=1S/C23H26N2O3/c1-14-7-8-17(11-15(14)2)18(16-9-10-16)12-21(26)24-19-5-4-6-20-23(19)28-13-22(27)25(20)3/h4-8,11,16,18H,9-10,12-13H2,1-3H3,(H,24,26). The molecule has 1 unspecified atom stereocenters. The van der Waals surface area contributed by atoms with Crippen molar-refractivity contribution in [2.75, 3.05) is 23.9 Å². The normalized spacial score (nSPS) is 17.0. The zero-order valence-electron chi connectivity index (χ0n) is 16.6. The molecule has 4 rings (SSSR count). The number of hydrogen-bond acceptors (Lipinski definition) is 3. The van der Waals surface area contributed by atoms with Crippen LogP contribution in [0.2, 0.25) is 0 Å². The van der Waals surface area contributed by atoms with Crippen LogP contribution in [-0.4, -0.2) is 25.5 Å². The van der Waals surface area contributed by atoms with E-state index in [1.165, 1.54) is 29.5 Å². The molecule has 5 nitrogen and oxygen atoms in total. The fourth-order valence-corrected chi connectivity index (χ4v) is 3.86. The van der Waals surface area contributed by atoms with Crippen molar-refractivity contribution in [3.05, 3.63) is 53.1 Å². The minimum absolute atomic E-state index is 0.0102. The third-order valence-corrected chi connectivity index (χ3v) is 5.90. The lowest BCUT2D eigenvalue weighted by Crippen LogP contribution is -2.35. The number of fused-ring (bicyclic) bond motifs is 1. The molecule has 1 fully saturated rings. The molecule has 28 heavy (non-hydrogen) atoms. The molecule has 2 aromatic rings. The second-order valence-electron chi connectivity index (χ2n) is 7.94. The molecule has 2 aliphatic rings. The Hall–Kier alpha value is -2.82. The summed E-state index contributed by atoms with van der Waals surface area (Å²) in [5, 5.41) is 3.01. The summed E-state index contributed by atoms with van der Waals surface area (Å²) in [4.78, 5) is 26.3. The Labute approximate surface area is 165 Å². The molecular formula is C23H26N2O3. The van der Waals surface area contributed by atoms with Crippen LogP contribution in [0.4, 0.5) is 11.4 Å². The monoisotopic (exact) mass is 378 g/mol. The molecule has 1 atom stereocenters. The number of nitrogens with one attached hydrogen (secondary N) is 1. The van der Waals surface area contributed by atoms with Gasteiger partial charge in [-0.3, -0.25) is 9.59 Å². The maximum Gasteiger partial charge on any atom is 0.264 e. The van der Waals surface area contributed by atoms with Crippen molar-refractivity contribution < 1.29 is 14.3 Å². The van der Waals surface area contributed by atoms with E-state index in [4.69, 9.17) is 4.74 Å². The van der Waals surface area contributed by atoms with Gasteiger partial charge in [0.1, 0.15) is 0 Å². The summed E-state index contributed by atoms with van der Waals surface area (Å²) >= 11 is 0. The van der Waals surface area contributed by atoms with Crippen LogP contribution in [0, 0.1) is 19.8 Å². The van der Waals surface area contributed by atoms with Gasteiger partial charge in [-0.2, -0.15) is 0 Å².